The number of thiazole rings is 1. The van der Waals surface area contributed by atoms with Gasteiger partial charge in [-0.05, 0) is 24.6 Å². The second kappa shape index (κ2) is 5.09. The third-order valence-corrected chi connectivity index (χ3v) is 3.29. The van der Waals surface area contributed by atoms with Crippen molar-refractivity contribution in [2.24, 2.45) is 0 Å². The first-order chi connectivity index (χ1) is 8.19. The van der Waals surface area contributed by atoms with Crippen molar-refractivity contribution >= 4 is 11.3 Å². The molecule has 0 bridgehead atoms. The lowest BCUT2D eigenvalue weighted by Gasteiger charge is -2.09. The SMILES string of the molecule is Cc1nc(CC(O)c2cccc(C#N)c2)cs1. The molecule has 2 aromatic rings. The predicted molar refractivity (Wildman–Crippen MR) is 66.7 cm³/mol. The number of aliphatic hydroxyl groups excluding tert-OH is 1. The minimum Gasteiger partial charge on any atom is -0.388 e. The molecule has 0 aliphatic heterocycles. The Morgan fingerprint density at radius 2 is 2.35 bits per heavy atom. The minimum absolute atomic E-state index is 0.485. The van der Waals surface area contributed by atoms with Gasteiger partial charge in [0.1, 0.15) is 0 Å². The van der Waals surface area contributed by atoms with Crippen molar-refractivity contribution in [1.82, 2.24) is 4.98 Å². The molecule has 0 aliphatic rings. The summed E-state index contributed by atoms with van der Waals surface area (Å²) in [6, 6.07) is 9.11. The molecule has 0 fully saturated rings. The third-order valence-electron chi connectivity index (χ3n) is 2.47. The molecule has 0 radical (unpaired) electrons. The molecule has 86 valence electrons. The summed E-state index contributed by atoms with van der Waals surface area (Å²) in [5.74, 6) is 0. The first kappa shape index (κ1) is 11.8. The average Bonchev–Trinajstić information content (AvgIpc) is 2.75. The molecule has 17 heavy (non-hydrogen) atoms. The van der Waals surface area contributed by atoms with Crippen LogP contribution < -0.4 is 0 Å². The number of aromatic nitrogens is 1. The van der Waals surface area contributed by atoms with E-state index < -0.39 is 6.10 Å². The summed E-state index contributed by atoms with van der Waals surface area (Å²) in [6.45, 7) is 1.94. The summed E-state index contributed by atoms with van der Waals surface area (Å²) in [4.78, 5) is 4.31. The molecule has 0 spiro atoms. The summed E-state index contributed by atoms with van der Waals surface area (Å²) in [5.41, 5.74) is 2.22. The molecule has 0 saturated carbocycles. The van der Waals surface area contributed by atoms with E-state index in [1.165, 1.54) is 0 Å². The van der Waals surface area contributed by atoms with Crippen LogP contribution in [-0.2, 0) is 6.42 Å². The molecule has 3 nitrogen and oxygen atoms in total. The van der Waals surface area contributed by atoms with Crippen LogP contribution in [0.3, 0.4) is 0 Å². The van der Waals surface area contributed by atoms with Gasteiger partial charge in [0.25, 0.3) is 0 Å². The molecular formula is C13H12N2OS. The summed E-state index contributed by atoms with van der Waals surface area (Å²) in [6.07, 6.45) is -0.121. The highest BCUT2D eigenvalue weighted by atomic mass is 32.1. The van der Waals surface area contributed by atoms with E-state index in [1.54, 1.807) is 29.5 Å². The van der Waals surface area contributed by atoms with Crippen molar-refractivity contribution in [3.63, 3.8) is 0 Å². The van der Waals surface area contributed by atoms with E-state index in [4.69, 9.17) is 5.26 Å². The van der Waals surface area contributed by atoms with Gasteiger partial charge in [0.05, 0.1) is 28.4 Å². The molecule has 1 heterocycles. The summed E-state index contributed by atoms with van der Waals surface area (Å²) >= 11 is 1.57. The highest BCUT2D eigenvalue weighted by Gasteiger charge is 2.11. The largest absolute Gasteiger partial charge is 0.388 e. The lowest BCUT2D eigenvalue weighted by Crippen LogP contribution is -2.02. The summed E-state index contributed by atoms with van der Waals surface area (Å²) in [5, 5.41) is 21.8. The summed E-state index contributed by atoms with van der Waals surface area (Å²) < 4.78 is 0. The van der Waals surface area contributed by atoms with Crippen LogP contribution in [0.1, 0.15) is 27.9 Å². The second-order valence-electron chi connectivity index (χ2n) is 3.82. The van der Waals surface area contributed by atoms with E-state index in [2.05, 4.69) is 11.1 Å². The number of benzene rings is 1. The Labute approximate surface area is 104 Å². The third kappa shape index (κ3) is 2.90. The highest BCUT2D eigenvalue weighted by molar-refractivity contribution is 7.09. The molecule has 1 N–H and O–H groups in total. The maximum atomic E-state index is 10.1. The van der Waals surface area contributed by atoms with Crippen molar-refractivity contribution in [2.45, 2.75) is 19.4 Å². The fraction of sp³-hybridized carbons (Fsp3) is 0.231. The van der Waals surface area contributed by atoms with Crippen LogP contribution in [-0.4, -0.2) is 10.1 Å². The van der Waals surface area contributed by atoms with Gasteiger partial charge < -0.3 is 5.11 Å². The zero-order valence-electron chi connectivity index (χ0n) is 9.42. The van der Waals surface area contributed by atoms with E-state index >= 15 is 0 Å². The zero-order valence-corrected chi connectivity index (χ0v) is 10.2. The quantitative estimate of drug-likeness (QED) is 0.902. The molecule has 0 aliphatic carbocycles. The van der Waals surface area contributed by atoms with Crippen molar-refractivity contribution in [2.75, 3.05) is 0 Å². The number of nitriles is 1. The van der Waals surface area contributed by atoms with Gasteiger partial charge in [-0.3, -0.25) is 0 Å². The average molecular weight is 244 g/mol. The number of hydrogen-bond acceptors (Lipinski definition) is 4. The Morgan fingerprint density at radius 3 is 3.00 bits per heavy atom. The van der Waals surface area contributed by atoms with Crippen molar-refractivity contribution < 1.29 is 5.11 Å². The van der Waals surface area contributed by atoms with Crippen molar-refractivity contribution in [3.8, 4) is 6.07 Å². The van der Waals surface area contributed by atoms with Gasteiger partial charge in [0, 0.05) is 11.8 Å². The highest BCUT2D eigenvalue weighted by Crippen LogP contribution is 2.20. The van der Waals surface area contributed by atoms with Gasteiger partial charge in [0.2, 0.25) is 0 Å². The fourth-order valence-electron chi connectivity index (χ4n) is 1.63. The number of nitrogens with zero attached hydrogens (tertiary/aromatic N) is 2. The molecule has 1 unspecified atom stereocenters. The van der Waals surface area contributed by atoms with Crippen LogP contribution >= 0.6 is 11.3 Å². The van der Waals surface area contributed by atoms with E-state index in [1.807, 2.05) is 18.4 Å². The first-order valence-corrected chi connectivity index (χ1v) is 6.16. The Hall–Kier alpha value is -1.70. The van der Waals surface area contributed by atoms with Gasteiger partial charge in [-0.2, -0.15) is 5.26 Å². The number of aliphatic hydroxyl groups is 1. The number of aryl methyl sites for hydroxylation is 1. The van der Waals surface area contributed by atoms with Crippen LogP contribution in [0.15, 0.2) is 29.6 Å². The Morgan fingerprint density at radius 1 is 1.53 bits per heavy atom. The number of rotatable bonds is 3. The summed E-state index contributed by atoms with van der Waals surface area (Å²) in [7, 11) is 0. The normalized spacial score (nSPS) is 12.1. The lowest BCUT2D eigenvalue weighted by molar-refractivity contribution is 0.177. The molecule has 2 rings (SSSR count). The Balaban J connectivity index is 2.14. The smallest absolute Gasteiger partial charge is 0.0991 e. The van der Waals surface area contributed by atoms with Crippen molar-refractivity contribution in [3.05, 3.63) is 51.5 Å². The van der Waals surface area contributed by atoms with Crippen LogP contribution in [0.25, 0.3) is 0 Å². The van der Waals surface area contributed by atoms with E-state index in [-0.39, 0.29) is 0 Å². The second-order valence-corrected chi connectivity index (χ2v) is 4.88. The van der Waals surface area contributed by atoms with Gasteiger partial charge >= 0.3 is 0 Å². The molecule has 1 aromatic carbocycles. The monoisotopic (exact) mass is 244 g/mol. The van der Waals surface area contributed by atoms with Crippen LogP contribution in [0.2, 0.25) is 0 Å². The van der Waals surface area contributed by atoms with E-state index in [9.17, 15) is 5.11 Å². The Kier molecular flexibility index (Phi) is 3.52. The molecule has 1 atom stereocenters. The van der Waals surface area contributed by atoms with E-state index in [0.29, 0.717) is 12.0 Å². The van der Waals surface area contributed by atoms with Crippen LogP contribution in [0, 0.1) is 18.3 Å². The first-order valence-electron chi connectivity index (χ1n) is 5.28. The van der Waals surface area contributed by atoms with Crippen LogP contribution in [0.5, 0.6) is 0 Å². The minimum atomic E-state index is -0.607. The maximum absolute atomic E-state index is 10.1. The Bertz CT molecular complexity index is 557. The lowest BCUT2D eigenvalue weighted by atomic mass is 10.0. The van der Waals surface area contributed by atoms with Crippen molar-refractivity contribution in [1.29, 1.82) is 5.26 Å². The standard InChI is InChI=1S/C13H12N2OS/c1-9-15-12(8-17-9)6-13(16)11-4-2-3-10(5-11)7-14/h2-5,8,13,16H,6H2,1H3. The zero-order chi connectivity index (χ0) is 12.3. The van der Waals surface area contributed by atoms with Gasteiger partial charge in [-0.15, -0.1) is 11.3 Å². The van der Waals surface area contributed by atoms with Gasteiger partial charge in [-0.1, -0.05) is 12.1 Å². The molecule has 4 heteroatoms. The molecular weight excluding hydrogens is 232 g/mol. The molecule has 1 aromatic heterocycles. The van der Waals surface area contributed by atoms with Gasteiger partial charge in [-0.25, -0.2) is 4.98 Å². The number of hydrogen-bond donors (Lipinski definition) is 1. The van der Waals surface area contributed by atoms with Gasteiger partial charge in [0.15, 0.2) is 0 Å². The van der Waals surface area contributed by atoms with Crippen LogP contribution in [0.4, 0.5) is 0 Å². The predicted octanol–water partition coefficient (Wildman–Crippen LogP) is 2.60. The molecule has 0 saturated heterocycles. The topological polar surface area (TPSA) is 56.9 Å². The maximum Gasteiger partial charge on any atom is 0.0991 e. The van der Waals surface area contributed by atoms with E-state index in [0.717, 1.165) is 16.3 Å². The molecule has 0 amide bonds. The fourth-order valence-corrected chi connectivity index (χ4v) is 2.26.